The van der Waals surface area contributed by atoms with E-state index in [2.05, 4.69) is 10.3 Å². The fourth-order valence-electron chi connectivity index (χ4n) is 3.07. The lowest BCUT2D eigenvalue weighted by Crippen LogP contribution is -2.40. The van der Waals surface area contributed by atoms with Gasteiger partial charge in [-0.1, -0.05) is 24.3 Å². The molecule has 0 radical (unpaired) electrons. The van der Waals surface area contributed by atoms with Gasteiger partial charge in [0.05, 0.1) is 0 Å². The summed E-state index contributed by atoms with van der Waals surface area (Å²) in [5.41, 5.74) is 0.583. The number of nitrogens with zero attached hydrogens (tertiary/aromatic N) is 2. The van der Waals surface area contributed by atoms with Crippen molar-refractivity contribution >= 4 is 16.7 Å². The summed E-state index contributed by atoms with van der Waals surface area (Å²) in [5, 5.41) is 5.24. The normalized spacial score (nSPS) is 16.3. The van der Waals surface area contributed by atoms with Crippen LogP contribution in [0.3, 0.4) is 0 Å². The maximum absolute atomic E-state index is 12.7. The van der Waals surface area contributed by atoms with Gasteiger partial charge in [0.25, 0.3) is 5.91 Å². The van der Waals surface area contributed by atoms with Crippen LogP contribution >= 0.6 is 0 Å². The van der Waals surface area contributed by atoms with Crippen molar-refractivity contribution in [1.29, 1.82) is 0 Å². The van der Waals surface area contributed by atoms with Gasteiger partial charge in [-0.3, -0.25) is 9.78 Å². The van der Waals surface area contributed by atoms with Crippen molar-refractivity contribution in [1.82, 2.24) is 15.2 Å². The number of piperidine rings is 1. The molecule has 1 amide bonds. The third-order valence-corrected chi connectivity index (χ3v) is 4.27. The summed E-state index contributed by atoms with van der Waals surface area (Å²) in [5.74, 6) is 0.745. The zero-order valence-electron chi connectivity index (χ0n) is 12.4. The summed E-state index contributed by atoms with van der Waals surface area (Å²) in [4.78, 5) is 19.0. The largest absolute Gasteiger partial charge is 0.337 e. The molecule has 3 rings (SSSR count). The Labute approximate surface area is 125 Å². The number of aromatic nitrogens is 1. The van der Waals surface area contributed by atoms with Crippen molar-refractivity contribution in [2.45, 2.75) is 12.8 Å². The molecule has 4 heteroatoms. The zero-order chi connectivity index (χ0) is 14.7. The topological polar surface area (TPSA) is 45.2 Å². The van der Waals surface area contributed by atoms with Crippen molar-refractivity contribution in [2.75, 3.05) is 26.7 Å². The average Bonchev–Trinajstić information content (AvgIpc) is 2.55. The Morgan fingerprint density at radius 1 is 1.29 bits per heavy atom. The summed E-state index contributed by atoms with van der Waals surface area (Å²) in [6, 6.07) is 9.89. The standard InChI is InChI=1S/C17H21N3O/c1-18-12-13-7-10-20(11-8-13)17(21)16-15-5-3-2-4-14(15)6-9-19-16/h2-6,9,13,18H,7-8,10-12H2,1H3. The van der Waals surface area contributed by atoms with Crippen LogP contribution in [-0.2, 0) is 0 Å². The number of hydrogen-bond donors (Lipinski definition) is 1. The number of hydrogen-bond acceptors (Lipinski definition) is 3. The molecular weight excluding hydrogens is 262 g/mol. The maximum Gasteiger partial charge on any atom is 0.273 e. The highest BCUT2D eigenvalue weighted by atomic mass is 16.2. The van der Waals surface area contributed by atoms with Gasteiger partial charge < -0.3 is 10.2 Å². The number of likely N-dealkylation sites (tertiary alicyclic amines) is 1. The number of pyridine rings is 1. The molecule has 2 aromatic rings. The third kappa shape index (κ3) is 2.90. The molecule has 0 bridgehead atoms. The van der Waals surface area contributed by atoms with E-state index in [9.17, 15) is 4.79 Å². The van der Waals surface area contributed by atoms with Gasteiger partial charge >= 0.3 is 0 Å². The summed E-state index contributed by atoms with van der Waals surface area (Å²) < 4.78 is 0. The molecule has 0 unspecified atom stereocenters. The van der Waals surface area contributed by atoms with Crippen molar-refractivity contribution in [2.24, 2.45) is 5.92 Å². The van der Waals surface area contributed by atoms with Crippen LogP contribution < -0.4 is 5.32 Å². The summed E-state index contributed by atoms with van der Waals surface area (Å²) in [6.07, 6.45) is 3.86. The van der Waals surface area contributed by atoms with E-state index < -0.39 is 0 Å². The van der Waals surface area contributed by atoms with Gasteiger partial charge in [-0.2, -0.15) is 0 Å². The Hall–Kier alpha value is -1.94. The van der Waals surface area contributed by atoms with Gasteiger partial charge in [0, 0.05) is 24.7 Å². The SMILES string of the molecule is CNCC1CCN(C(=O)c2nccc3ccccc23)CC1. The van der Waals surface area contributed by atoms with E-state index in [0.717, 1.165) is 43.2 Å². The number of amides is 1. The molecule has 1 aliphatic heterocycles. The van der Waals surface area contributed by atoms with Crippen molar-refractivity contribution in [3.63, 3.8) is 0 Å². The number of fused-ring (bicyclic) bond motifs is 1. The van der Waals surface area contributed by atoms with Crippen molar-refractivity contribution in [3.8, 4) is 0 Å². The molecule has 1 N–H and O–H groups in total. The summed E-state index contributed by atoms with van der Waals surface area (Å²) >= 11 is 0. The van der Waals surface area contributed by atoms with E-state index in [1.807, 2.05) is 42.3 Å². The van der Waals surface area contributed by atoms with E-state index in [4.69, 9.17) is 0 Å². The minimum atomic E-state index is 0.0645. The van der Waals surface area contributed by atoms with Crippen LogP contribution in [0.5, 0.6) is 0 Å². The lowest BCUT2D eigenvalue weighted by molar-refractivity contribution is 0.0687. The van der Waals surface area contributed by atoms with E-state index in [0.29, 0.717) is 11.6 Å². The minimum absolute atomic E-state index is 0.0645. The molecule has 1 saturated heterocycles. The van der Waals surface area contributed by atoms with Crippen LogP contribution in [0.15, 0.2) is 36.5 Å². The number of benzene rings is 1. The number of carbonyl (C=O) groups excluding carboxylic acids is 1. The van der Waals surface area contributed by atoms with Crippen LogP contribution in [-0.4, -0.2) is 42.5 Å². The molecule has 2 heterocycles. The molecule has 21 heavy (non-hydrogen) atoms. The molecule has 1 aromatic carbocycles. The second-order valence-electron chi connectivity index (χ2n) is 5.67. The number of carbonyl (C=O) groups is 1. The van der Waals surface area contributed by atoms with Gasteiger partial charge in [0.15, 0.2) is 0 Å². The first kappa shape index (κ1) is 14.0. The Morgan fingerprint density at radius 2 is 2.05 bits per heavy atom. The Morgan fingerprint density at radius 3 is 2.81 bits per heavy atom. The molecule has 0 aliphatic carbocycles. The van der Waals surface area contributed by atoms with Gasteiger partial charge in [-0.15, -0.1) is 0 Å². The zero-order valence-corrected chi connectivity index (χ0v) is 12.4. The van der Waals surface area contributed by atoms with Crippen LogP contribution in [0.1, 0.15) is 23.3 Å². The first-order chi connectivity index (χ1) is 10.3. The predicted molar refractivity (Wildman–Crippen MR) is 84.3 cm³/mol. The smallest absolute Gasteiger partial charge is 0.273 e. The monoisotopic (exact) mass is 283 g/mol. The van der Waals surface area contributed by atoms with Crippen molar-refractivity contribution < 1.29 is 4.79 Å². The molecule has 1 aromatic heterocycles. The molecule has 0 atom stereocenters. The summed E-state index contributed by atoms with van der Waals surface area (Å²) in [7, 11) is 1.98. The second-order valence-corrected chi connectivity index (χ2v) is 5.67. The predicted octanol–water partition coefficient (Wildman–Crippen LogP) is 2.31. The molecular formula is C17H21N3O. The lowest BCUT2D eigenvalue weighted by Gasteiger charge is -2.31. The first-order valence-electron chi connectivity index (χ1n) is 7.57. The Balaban J connectivity index is 1.79. The van der Waals surface area contributed by atoms with E-state index >= 15 is 0 Å². The molecule has 4 nitrogen and oxygen atoms in total. The van der Waals surface area contributed by atoms with Crippen LogP contribution in [0, 0.1) is 5.92 Å². The van der Waals surface area contributed by atoms with Crippen LogP contribution in [0.2, 0.25) is 0 Å². The highest BCUT2D eigenvalue weighted by Crippen LogP contribution is 2.21. The number of nitrogens with one attached hydrogen (secondary N) is 1. The first-order valence-corrected chi connectivity index (χ1v) is 7.57. The van der Waals surface area contributed by atoms with E-state index in [1.165, 1.54) is 0 Å². The van der Waals surface area contributed by atoms with Gasteiger partial charge in [0.1, 0.15) is 5.69 Å². The highest BCUT2D eigenvalue weighted by Gasteiger charge is 2.24. The summed E-state index contributed by atoms with van der Waals surface area (Å²) in [6.45, 7) is 2.70. The molecule has 1 fully saturated rings. The Bertz CT molecular complexity index is 627. The van der Waals surface area contributed by atoms with Crippen LogP contribution in [0.25, 0.3) is 10.8 Å². The Kier molecular flexibility index (Phi) is 4.15. The average molecular weight is 283 g/mol. The minimum Gasteiger partial charge on any atom is -0.337 e. The van der Waals surface area contributed by atoms with Gasteiger partial charge in [-0.05, 0) is 43.8 Å². The molecule has 1 aliphatic rings. The van der Waals surface area contributed by atoms with Gasteiger partial charge in [0.2, 0.25) is 0 Å². The van der Waals surface area contributed by atoms with E-state index in [-0.39, 0.29) is 5.91 Å². The fourth-order valence-corrected chi connectivity index (χ4v) is 3.07. The number of rotatable bonds is 3. The van der Waals surface area contributed by atoms with E-state index in [1.54, 1.807) is 6.20 Å². The molecule has 110 valence electrons. The maximum atomic E-state index is 12.7. The quantitative estimate of drug-likeness (QED) is 0.940. The molecule has 0 spiro atoms. The van der Waals surface area contributed by atoms with Crippen molar-refractivity contribution in [3.05, 3.63) is 42.2 Å². The second kappa shape index (κ2) is 6.22. The third-order valence-electron chi connectivity index (χ3n) is 4.27. The molecule has 0 saturated carbocycles. The lowest BCUT2D eigenvalue weighted by atomic mass is 9.96. The fraction of sp³-hybridized carbons (Fsp3) is 0.412. The highest BCUT2D eigenvalue weighted by molar-refractivity contribution is 6.05. The van der Waals surface area contributed by atoms with Crippen LogP contribution in [0.4, 0.5) is 0 Å². The van der Waals surface area contributed by atoms with Gasteiger partial charge in [-0.25, -0.2) is 0 Å².